The highest BCUT2D eigenvalue weighted by atomic mass is 32.2. The van der Waals surface area contributed by atoms with Crippen molar-refractivity contribution in [1.29, 1.82) is 0 Å². The van der Waals surface area contributed by atoms with Gasteiger partial charge < -0.3 is 9.84 Å². The van der Waals surface area contributed by atoms with E-state index in [1.165, 1.54) is 7.11 Å². The molecule has 0 bridgehead atoms. The van der Waals surface area contributed by atoms with E-state index in [0.29, 0.717) is 5.56 Å². The lowest BCUT2D eigenvalue weighted by Gasteiger charge is -2.13. The summed E-state index contributed by atoms with van der Waals surface area (Å²) in [4.78, 5) is 11.2. The van der Waals surface area contributed by atoms with Crippen molar-refractivity contribution < 1.29 is 23.1 Å². The van der Waals surface area contributed by atoms with Crippen molar-refractivity contribution in [1.82, 2.24) is 4.72 Å². The van der Waals surface area contributed by atoms with E-state index in [4.69, 9.17) is 5.11 Å². The van der Waals surface area contributed by atoms with E-state index in [1.807, 2.05) is 0 Å². The van der Waals surface area contributed by atoms with E-state index < -0.39 is 21.9 Å². The average Bonchev–Trinajstić information content (AvgIpc) is 2.37. The first-order valence-corrected chi connectivity index (χ1v) is 7.35. The summed E-state index contributed by atoms with van der Waals surface area (Å²) >= 11 is 0. The molecule has 1 rings (SSSR count). The van der Waals surface area contributed by atoms with Crippen molar-refractivity contribution >= 4 is 16.0 Å². The molecule has 2 N–H and O–H groups in total. The largest absolute Gasteiger partial charge is 0.481 e. The normalized spacial score (nSPS) is 13.1. The molecule has 0 aliphatic heterocycles. The van der Waals surface area contributed by atoms with Crippen LogP contribution in [0.15, 0.2) is 30.3 Å². The molecule has 1 atom stereocenters. The van der Waals surface area contributed by atoms with Crippen LogP contribution in [0.5, 0.6) is 0 Å². The number of hydrogen-bond donors (Lipinski definition) is 2. The molecule has 106 valence electrons. The van der Waals surface area contributed by atoms with Gasteiger partial charge in [-0.15, -0.1) is 0 Å². The van der Waals surface area contributed by atoms with Crippen molar-refractivity contribution in [3.63, 3.8) is 0 Å². The summed E-state index contributed by atoms with van der Waals surface area (Å²) in [6.07, 6.45) is 0. The summed E-state index contributed by atoms with van der Waals surface area (Å²) in [5.74, 6) is -2.16. The van der Waals surface area contributed by atoms with Crippen molar-refractivity contribution in [2.75, 3.05) is 26.0 Å². The van der Waals surface area contributed by atoms with Crippen LogP contribution in [0, 0.1) is 0 Å². The second-order valence-electron chi connectivity index (χ2n) is 3.96. The molecule has 0 aliphatic rings. The molecule has 0 saturated carbocycles. The standard InChI is InChI=1S/C12H17NO5S/c1-18-7-8-19(16,17)13-9-11(12(14)15)10-5-3-2-4-6-10/h2-6,11,13H,7-9H2,1H3,(H,14,15). The van der Waals surface area contributed by atoms with Crippen LogP contribution >= 0.6 is 0 Å². The average molecular weight is 287 g/mol. The first-order chi connectivity index (χ1) is 8.96. The van der Waals surface area contributed by atoms with Crippen LogP contribution in [0.25, 0.3) is 0 Å². The number of nitrogens with one attached hydrogen (secondary N) is 1. The molecule has 19 heavy (non-hydrogen) atoms. The number of sulfonamides is 1. The van der Waals surface area contributed by atoms with E-state index in [0.717, 1.165) is 0 Å². The highest BCUT2D eigenvalue weighted by molar-refractivity contribution is 7.89. The Bertz CT molecular complexity index is 500. The van der Waals surface area contributed by atoms with Gasteiger partial charge >= 0.3 is 5.97 Å². The number of rotatable bonds is 8. The van der Waals surface area contributed by atoms with E-state index in [9.17, 15) is 13.2 Å². The Balaban J connectivity index is 2.69. The van der Waals surface area contributed by atoms with Gasteiger partial charge in [-0.25, -0.2) is 13.1 Å². The minimum atomic E-state index is -3.52. The quantitative estimate of drug-likeness (QED) is 0.723. The third-order valence-electron chi connectivity index (χ3n) is 2.56. The summed E-state index contributed by atoms with van der Waals surface area (Å²) in [5, 5.41) is 9.14. The van der Waals surface area contributed by atoms with Crippen LogP contribution < -0.4 is 4.72 Å². The number of aliphatic carboxylic acids is 1. The van der Waals surface area contributed by atoms with Gasteiger partial charge in [0.25, 0.3) is 0 Å². The van der Waals surface area contributed by atoms with Gasteiger partial charge in [-0.2, -0.15) is 0 Å². The fraction of sp³-hybridized carbons (Fsp3) is 0.417. The summed E-state index contributed by atoms with van der Waals surface area (Å²) in [7, 11) is -2.12. The third kappa shape index (κ3) is 5.37. The van der Waals surface area contributed by atoms with Crippen LogP contribution in [0.1, 0.15) is 11.5 Å². The van der Waals surface area contributed by atoms with Gasteiger partial charge in [0, 0.05) is 13.7 Å². The SMILES string of the molecule is COCCS(=O)(=O)NCC(C(=O)O)c1ccccc1. The molecule has 0 heterocycles. The number of carboxylic acid groups (broad SMARTS) is 1. The minimum Gasteiger partial charge on any atom is -0.481 e. The van der Waals surface area contributed by atoms with E-state index in [-0.39, 0.29) is 18.9 Å². The highest BCUT2D eigenvalue weighted by Crippen LogP contribution is 2.15. The molecule has 0 amide bonds. The summed E-state index contributed by atoms with van der Waals surface area (Å²) in [6, 6.07) is 8.51. The third-order valence-corrected chi connectivity index (χ3v) is 3.87. The predicted molar refractivity (Wildman–Crippen MR) is 70.5 cm³/mol. The predicted octanol–water partition coefficient (Wildman–Crippen LogP) is 0.421. The van der Waals surface area contributed by atoms with Gasteiger partial charge in [-0.1, -0.05) is 30.3 Å². The van der Waals surface area contributed by atoms with Crippen LogP contribution in [0.3, 0.4) is 0 Å². The summed E-state index contributed by atoms with van der Waals surface area (Å²) in [5.41, 5.74) is 0.560. The minimum absolute atomic E-state index is 0.0679. The fourth-order valence-electron chi connectivity index (χ4n) is 1.51. The molecule has 6 nitrogen and oxygen atoms in total. The van der Waals surface area contributed by atoms with Crippen LogP contribution in [-0.4, -0.2) is 45.5 Å². The molecule has 1 aromatic carbocycles. The number of benzene rings is 1. The Hall–Kier alpha value is -1.44. The molecule has 1 aromatic rings. The lowest BCUT2D eigenvalue weighted by Crippen LogP contribution is -2.34. The molecule has 0 aliphatic carbocycles. The summed E-state index contributed by atoms with van der Waals surface area (Å²) < 4.78 is 30.1. The number of carboxylic acids is 1. The van der Waals surface area contributed by atoms with Gasteiger partial charge in [-0.3, -0.25) is 4.79 Å². The maximum atomic E-state index is 11.6. The molecule has 1 unspecified atom stereocenters. The zero-order valence-corrected chi connectivity index (χ0v) is 11.4. The topological polar surface area (TPSA) is 92.7 Å². The first kappa shape index (κ1) is 15.6. The zero-order chi connectivity index (χ0) is 14.3. The molecule has 0 spiro atoms. The second kappa shape index (κ2) is 7.22. The number of methoxy groups -OCH3 is 1. The smallest absolute Gasteiger partial charge is 0.312 e. The van der Waals surface area contributed by atoms with Gasteiger partial charge in [0.1, 0.15) is 0 Å². The molecular weight excluding hydrogens is 270 g/mol. The maximum absolute atomic E-state index is 11.6. The van der Waals surface area contributed by atoms with Crippen molar-refractivity contribution in [2.45, 2.75) is 5.92 Å². The van der Waals surface area contributed by atoms with Crippen LogP contribution in [0.4, 0.5) is 0 Å². The van der Waals surface area contributed by atoms with E-state index in [2.05, 4.69) is 9.46 Å². The van der Waals surface area contributed by atoms with E-state index in [1.54, 1.807) is 30.3 Å². The molecule has 0 aromatic heterocycles. The van der Waals surface area contributed by atoms with E-state index >= 15 is 0 Å². The van der Waals surface area contributed by atoms with Gasteiger partial charge in [-0.05, 0) is 5.56 Å². The maximum Gasteiger partial charge on any atom is 0.312 e. The van der Waals surface area contributed by atoms with Crippen molar-refractivity contribution in [3.8, 4) is 0 Å². The number of hydrogen-bond acceptors (Lipinski definition) is 4. The molecular formula is C12H17NO5S. The van der Waals surface area contributed by atoms with Gasteiger partial charge in [0.2, 0.25) is 10.0 Å². The number of carbonyl (C=O) groups is 1. The lowest BCUT2D eigenvalue weighted by atomic mass is 10.00. The van der Waals surface area contributed by atoms with Crippen LogP contribution in [0.2, 0.25) is 0 Å². The monoisotopic (exact) mass is 287 g/mol. The Morgan fingerprint density at radius 1 is 1.37 bits per heavy atom. The Kier molecular flexibility index (Phi) is 5.94. The first-order valence-electron chi connectivity index (χ1n) is 5.70. The molecule has 0 fully saturated rings. The highest BCUT2D eigenvalue weighted by Gasteiger charge is 2.22. The molecule has 0 radical (unpaired) electrons. The molecule has 7 heteroatoms. The Labute approximate surface area is 112 Å². The van der Waals surface area contributed by atoms with Crippen molar-refractivity contribution in [2.24, 2.45) is 0 Å². The fourth-order valence-corrected chi connectivity index (χ4v) is 2.46. The Morgan fingerprint density at radius 2 is 2.00 bits per heavy atom. The van der Waals surface area contributed by atoms with Crippen molar-refractivity contribution in [3.05, 3.63) is 35.9 Å². The van der Waals surface area contributed by atoms with Gasteiger partial charge in [0.05, 0.1) is 18.3 Å². The van der Waals surface area contributed by atoms with Crippen LogP contribution in [-0.2, 0) is 19.6 Å². The second-order valence-corrected chi connectivity index (χ2v) is 5.89. The Morgan fingerprint density at radius 3 is 2.53 bits per heavy atom. The lowest BCUT2D eigenvalue weighted by molar-refractivity contribution is -0.138. The number of ether oxygens (including phenoxy) is 1. The molecule has 0 saturated heterocycles. The summed E-state index contributed by atoms with van der Waals surface area (Å²) in [6.45, 7) is -0.107. The van der Waals surface area contributed by atoms with Gasteiger partial charge in [0.15, 0.2) is 0 Å². The zero-order valence-electron chi connectivity index (χ0n) is 10.6.